The molecule has 1 amide bonds. The van der Waals surface area contributed by atoms with Crippen molar-refractivity contribution in [3.8, 4) is 10.6 Å². The second kappa shape index (κ2) is 6.96. The lowest BCUT2D eigenvalue weighted by Gasteiger charge is -2.10. The molecule has 1 aromatic carbocycles. The highest BCUT2D eigenvalue weighted by atomic mass is 32.1. The maximum absolute atomic E-state index is 13.0. The van der Waals surface area contributed by atoms with E-state index in [0.29, 0.717) is 22.9 Å². The number of hydrogen-bond acceptors (Lipinski definition) is 5. The van der Waals surface area contributed by atoms with Crippen LogP contribution in [0.2, 0.25) is 0 Å². The van der Waals surface area contributed by atoms with Gasteiger partial charge in [0.2, 0.25) is 0 Å². The Bertz CT molecular complexity index is 1220. The highest BCUT2D eigenvalue weighted by Gasteiger charge is 2.27. The molecule has 1 fully saturated rings. The summed E-state index contributed by atoms with van der Waals surface area (Å²) in [7, 11) is 0. The van der Waals surface area contributed by atoms with Crippen molar-refractivity contribution in [2.45, 2.75) is 25.4 Å². The largest absolute Gasteiger partial charge is 0.345 e. The van der Waals surface area contributed by atoms with Crippen molar-refractivity contribution in [3.63, 3.8) is 0 Å². The fourth-order valence-electron chi connectivity index (χ4n) is 3.34. The summed E-state index contributed by atoms with van der Waals surface area (Å²) < 4.78 is 2.62. The molecular weight excluding hydrogens is 390 g/mol. The van der Waals surface area contributed by atoms with E-state index in [1.165, 1.54) is 0 Å². The van der Waals surface area contributed by atoms with Crippen LogP contribution >= 0.6 is 23.6 Å². The summed E-state index contributed by atoms with van der Waals surface area (Å²) in [6.45, 7) is 0.327. The number of aromatic amines is 1. The Morgan fingerprint density at radius 3 is 2.93 bits per heavy atom. The number of pyridine rings is 1. The molecule has 0 spiro atoms. The van der Waals surface area contributed by atoms with Crippen molar-refractivity contribution >= 4 is 40.4 Å². The van der Waals surface area contributed by atoms with Gasteiger partial charge in [-0.25, -0.2) is 4.98 Å². The van der Waals surface area contributed by atoms with E-state index in [-0.39, 0.29) is 5.91 Å². The minimum absolute atomic E-state index is 0.146. The number of thiophene rings is 1. The number of carbonyl (C=O) groups is 1. The van der Waals surface area contributed by atoms with Crippen LogP contribution in [0.4, 0.5) is 0 Å². The van der Waals surface area contributed by atoms with Gasteiger partial charge in [-0.2, -0.15) is 5.10 Å². The number of rotatable bonds is 5. The van der Waals surface area contributed by atoms with Crippen LogP contribution in [0.25, 0.3) is 21.5 Å². The number of fused-ring (bicyclic) bond motifs is 1. The van der Waals surface area contributed by atoms with Crippen LogP contribution in [-0.2, 0) is 6.54 Å². The summed E-state index contributed by atoms with van der Waals surface area (Å²) >= 11 is 6.92. The molecule has 3 heterocycles. The van der Waals surface area contributed by atoms with Crippen molar-refractivity contribution in [1.29, 1.82) is 0 Å². The molecule has 0 bridgehead atoms. The van der Waals surface area contributed by atoms with Gasteiger partial charge in [-0.15, -0.1) is 11.3 Å². The number of amides is 1. The molecule has 0 aliphatic heterocycles. The Labute approximate surface area is 170 Å². The highest BCUT2D eigenvalue weighted by Crippen LogP contribution is 2.35. The second-order valence-electron chi connectivity index (χ2n) is 6.78. The molecule has 1 aliphatic rings. The van der Waals surface area contributed by atoms with Gasteiger partial charge in [-0.3, -0.25) is 14.5 Å². The fraction of sp³-hybridized carbons (Fsp3) is 0.200. The van der Waals surface area contributed by atoms with Crippen molar-refractivity contribution in [1.82, 2.24) is 25.1 Å². The molecule has 1 aliphatic carbocycles. The van der Waals surface area contributed by atoms with Crippen molar-refractivity contribution < 1.29 is 4.79 Å². The first-order chi connectivity index (χ1) is 13.7. The number of nitrogens with one attached hydrogen (secondary N) is 2. The number of nitrogens with zero attached hydrogens (tertiary/aromatic N) is 3. The van der Waals surface area contributed by atoms with Crippen LogP contribution in [0, 0.1) is 4.77 Å². The van der Waals surface area contributed by atoms with Crippen LogP contribution in [0.15, 0.2) is 47.8 Å². The molecule has 4 aromatic rings. The summed E-state index contributed by atoms with van der Waals surface area (Å²) in [5, 5.41) is 13.0. The molecule has 0 radical (unpaired) electrons. The number of aromatic nitrogens is 4. The van der Waals surface area contributed by atoms with Crippen LogP contribution in [0.3, 0.4) is 0 Å². The van der Waals surface area contributed by atoms with Gasteiger partial charge in [-0.1, -0.05) is 24.3 Å². The third-order valence-corrected chi connectivity index (χ3v) is 6.01. The third kappa shape index (κ3) is 3.14. The van der Waals surface area contributed by atoms with E-state index in [1.54, 1.807) is 11.3 Å². The molecule has 0 saturated heterocycles. The number of carbonyl (C=O) groups excluding carboxylic acids is 1. The minimum atomic E-state index is -0.146. The Morgan fingerprint density at radius 2 is 2.14 bits per heavy atom. The van der Waals surface area contributed by atoms with Gasteiger partial charge >= 0.3 is 0 Å². The second-order valence-corrected chi connectivity index (χ2v) is 8.11. The standard InChI is InChI=1S/C20H17N5OS2/c26-19(21-11-18-23-24-20(27)25(18)12-7-8-12)14-10-16(17-6-3-9-28-17)22-15-5-2-1-4-13(14)15/h1-6,9-10,12H,7-8,11H2,(H,21,26)(H,24,27). The maximum Gasteiger partial charge on any atom is 0.252 e. The summed E-state index contributed by atoms with van der Waals surface area (Å²) in [6.07, 6.45) is 2.21. The van der Waals surface area contributed by atoms with Gasteiger partial charge in [0.1, 0.15) is 0 Å². The van der Waals surface area contributed by atoms with E-state index in [0.717, 1.165) is 40.1 Å². The predicted molar refractivity (Wildman–Crippen MR) is 112 cm³/mol. The highest BCUT2D eigenvalue weighted by molar-refractivity contribution is 7.71. The molecule has 6 nitrogen and oxygen atoms in total. The van der Waals surface area contributed by atoms with Gasteiger partial charge in [0.05, 0.1) is 28.2 Å². The quantitative estimate of drug-likeness (QED) is 0.478. The van der Waals surface area contributed by atoms with Crippen molar-refractivity contribution in [2.75, 3.05) is 0 Å². The Morgan fingerprint density at radius 1 is 1.29 bits per heavy atom. The van der Waals surface area contributed by atoms with E-state index in [9.17, 15) is 4.79 Å². The van der Waals surface area contributed by atoms with E-state index in [4.69, 9.17) is 17.2 Å². The molecule has 5 rings (SSSR count). The molecular formula is C20H17N5OS2. The zero-order valence-electron chi connectivity index (χ0n) is 14.9. The van der Waals surface area contributed by atoms with Gasteiger partial charge in [0.15, 0.2) is 10.6 Å². The third-order valence-electron chi connectivity index (χ3n) is 4.83. The summed E-state index contributed by atoms with van der Waals surface area (Å²) in [5.74, 6) is 0.616. The van der Waals surface area contributed by atoms with Crippen LogP contribution in [0.1, 0.15) is 35.1 Å². The number of para-hydroxylation sites is 1. The molecule has 3 aromatic heterocycles. The first-order valence-electron chi connectivity index (χ1n) is 9.08. The number of H-pyrrole nitrogens is 1. The summed E-state index contributed by atoms with van der Waals surface area (Å²) in [6, 6.07) is 14.0. The molecule has 2 N–H and O–H groups in total. The molecule has 1 saturated carbocycles. The molecule has 28 heavy (non-hydrogen) atoms. The Balaban J connectivity index is 1.48. The molecule has 0 unspecified atom stereocenters. The van der Waals surface area contributed by atoms with Crippen LogP contribution in [-0.4, -0.2) is 25.7 Å². The zero-order chi connectivity index (χ0) is 19.1. The van der Waals surface area contributed by atoms with E-state index in [1.807, 2.05) is 52.4 Å². The van der Waals surface area contributed by atoms with Crippen LogP contribution in [0.5, 0.6) is 0 Å². The van der Waals surface area contributed by atoms with Gasteiger partial charge < -0.3 is 5.32 Å². The number of benzene rings is 1. The Hall–Kier alpha value is -2.84. The Kier molecular flexibility index (Phi) is 4.29. The zero-order valence-corrected chi connectivity index (χ0v) is 16.5. The average Bonchev–Trinajstić information content (AvgIpc) is 3.25. The minimum Gasteiger partial charge on any atom is -0.345 e. The first kappa shape index (κ1) is 17.3. The first-order valence-corrected chi connectivity index (χ1v) is 10.4. The average molecular weight is 408 g/mol. The van der Waals surface area contributed by atoms with E-state index >= 15 is 0 Å². The summed E-state index contributed by atoms with van der Waals surface area (Å²) in [5.41, 5.74) is 2.22. The van der Waals surface area contributed by atoms with Gasteiger partial charge in [0, 0.05) is 11.4 Å². The number of hydrogen-bond donors (Lipinski definition) is 2. The van der Waals surface area contributed by atoms with Gasteiger partial charge in [-0.05, 0) is 48.6 Å². The SMILES string of the molecule is O=C(NCc1n[nH]c(=S)n1C1CC1)c1cc(-c2cccs2)nc2ccccc12. The normalized spacial score (nSPS) is 13.7. The van der Waals surface area contributed by atoms with E-state index < -0.39 is 0 Å². The lowest BCUT2D eigenvalue weighted by Crippen LogP contribution is -2.25. The lowest BCUT2D eigenvalue weighted by molar-refractivity contribution is 0.0951. The summed E-state index contributed by atoms with van der Waals surface area (Å²) in [4.78, 5) is 18.8. The molecule has 8 heteroatoms. The molecule has 140 valence electrons. The maximum atomic E-state index is 13.0. The van der Waals surface area contributed by atoms with Crippen molar-refractivity contribution in [2.24, 2.45) is 0 Å². The smallest absolute Gasteiger partial charge is 0.252 e. The van der Waals surface area contributed by atoms with Gasteiger partial charge in [0.25, 0.3) is 5.91 Å². The van der Waals surface area contributed by atoms with Crippen LogP contribution < -0.4 is 5.32 Å². The van der Waals surface area contributed by atoms with Crippen molar-refractivity contribution in [3.05, 3.63) is 64.0 Å². The van der Waals surface area contributed by atoms with E-state index in [2.05, 4.69) is 15.5 Å². The fourth-order valence-corrected chi connectivity index (χ4v) is 4.33. The topological polar surface area (TPSA) is 75.6 Å². The monoisotopic (exact) mass is 407 g/mol. The predicted octanol–water partition coefficient (Wildman–Crippen LogP) is 4.48. The lowest BCUT2D eigenvalue weighted by atomic mass is 10.1. The molecule has 0 atom stereocenters.